The Labute approximate surface area is 197 Å². The van der Waals surface area contributed by atoms with Crippen molar-refractivity contribution in [2.45, 2.75) is 19.1 Å². The predicted octanol–water partition coefficient (Wildman–Crippen LogP) is 3.42. The second-order valence-corrected chi connectivity index (χ2v) is 8.79. The summed E-state index contributed by atoms with van der Waals surface area (Å²) >= 11 is 1.56. The maximum absolute atomic E-state index is 13.5. The van der Waals surface area contributed by atoms with Gasteiger partial charge in [0.1, 0.15) is 0 Å². The van der Waals surface area contributed by atoms with Gasteiger partial charge in [0.05, 0.1) is 30.5 Å². The maximum atomic E-state index is 13.5. The topological polar surface area (TPSA) is 76.5 Å². The number of hydrogen-bond donors (Lipinski definition) is 1. The third-order valence-electron chi connectivity index (χ3n) is 5.57. The highest BCUT2D eigenvalue weighted by atomic mass is 32.1. The standard InChI is InChI=1S/C23H23F3N4O3S/c1-15-13-19(31)21(28-30(15)17-6-3-2-5-16(17)23(24,25)26)22(32)27-14-18(20-7-4-12-34-20)29-8-10-33-11-9-29/h2-7,12-13,18H,8-11,14H2,1H3,(H,27,32)/t18-/m1/s1. The SMILES string of the molecule is Cc1cc(=O)c(C(=O)NC[C@H](c2cccs2)N2CCOCC2)nn1-c1ccccc1C(F)(F)F. The first-order valence-electron chi connectivity index (χ1n) is 10.7. The van der Waals surface area contributed by atoms with Crippen LogP contribution in [0.3, 0.4) is 0 Å². The lowest BCUT2D eigenvalue weighted by atomic mass is 10.1. The number of hydrogen-bond acceptors (Lipinski definition) is 6. The molecule has 2 aromatic heterocycles. The van der Waals surface area contributed by atoms with Gasteiger partial charge in [0.2, 0.25) is 5.43 Å². The highest BCUT2D eigenvalue weighted by Gasteiger charge is 2.34. The molecule has 1 fully saturated rings. The highest BCUT2D eigenvalue weighted by Crippen LogP contribution is 2.33. The minimum absolute atomic E-state index is 0.119. The molecule has 0 saturated carbocycles. The van der Waals surface area contributed by atoms with Crippen molar-refractivity contribution in [3.8, 4) is 5.69 Å². The Kier molecular flexibility index (Phi) is 7.15. The molecule has 0 spiro atoms. The molecule has 1 atom stereocenters. The largest absolute Gasteiger partial charge is 0.418 e. The fraction of sp³-hybridized carbons (Fsp3) is 0.348. The summed E-state index contributed by atoms with van der Waals surface area (Å²) in [6.45, 7) is 4.24. The van der Waals surface area contributed by atoms with Crippen LogP contribution >= 0.6 is 11.3 Å². The number of halogens is 3. The number of thiophene rings is 1. The van der Waals surface area contributed by atoms with E-state index in [1.54, 1.807) is 11.3 Å². The number of amides is 1. The number of para-hydroxylation sites is 1. The number of nitrogens with one attached hydrogen (secondary N) is 1. The van der Waals surface area contributed by atoms with E-state index in [-0.39, 0.29) is 24.0 Å². The minimum Gasteiger partial charge on any atom is -0.379 e. The third-order valence-corrected chi connectivity index (χ3v) is 6.55. The molecule has 7 nitrogen and oxygen atoms in total. The first kappa shape index (κ1) is 24.1. The molecular weight excluding hydrogens is 469 g/mol. The van der Waals surface area contributed by atoms with Crippen LogP contribution in [-0.4, -0.2) is 53.4 Å². The van der Waals surface area contributed by atoms with Gasteiger partial charge < -0.3 is 10.1 Å². The van der Waals surface area contributed by atoms with Crippen LogP contribution in [0.15, 0.2) is 52.6 Å². The summed E-state index contributed by atoms with van der Waals surface area (Å²) in [7, 11) is 0. The summed E-state index contributed by atoms with van der Waals surface area (Å²) in [5, 5.41) is 8.73. The number of alkyl halides is 3. The van der Waals surface area contributed by atoms with Crippen LogP contribution in [0.2, 0.25) is 0 Å². The van der Waals surface area contributed by atoms with Crippen LogP contribution in [0.5, 0.6) is 0 Å². The summed E-state index contributed by atoms with van der Waals surface area (Å²) in [6.07, 6.45) is -4.62. The number of carbonyl (C=O) groups is 1. The molecule has 11 heteroatoms. The zero-order valence-corrected chi connectivity index (χ0v) is 19.2. The lowest BCUT2D eigenvalue weighted by molar-refractivity contribution is -0.137. The number of nitrogens with zero attached hydrogens (tertiary/aromatic N) is 3. The second-order valence-electron chi connectivity index (χ2n) is 7.81. The summed E-state index contributed by atoms with van der Waals surface area (Å²) in [5.41, 5.74) is -2.11. The normalized spacial score (nSPS) is 15.8. The van der Waals surface area contributed by atoms with Gasteiger partial charge in [-0.15, -0.1) is 11.3 Å². The first-order valence-corrected chi connectivity index (χ1v) is 11.5. The number of carbonyl (C=O) groups excluding carboxylic acids is 1. The number of ether oxygens (including phenoxy) is 1. The van der Waals surface area contributed by atoms with Crippen molar-refractivity contribution in [1.29, 1.82) is 0 Å². The number of aromatic nitrogens is 2. The van der Waals surface area contributed by atoms with Crippen molar-refractivity contribution in [2.75, 3.05) is 32.8 Å². The van der Waals surface area contributed by atoms with Gasteiger partial charge in [0.15, 0.2) is 5.69 Å². The van der Waals surface area contributed by atoms with E-state index in [2.05, 4.69) is 15.3 Å². The van der Waals surface area contributed by atoms with Gasteiger partial charge in [-0.1, -0.05) is 18.2 Å². The molecule has 1 saturated heterocycles. The lowest BCUT2D eigenvalue weighted by Gasteiger charge is -2.34. The quantitative estimate of drug-likeness (QED) is 0.571. The molecule has 1 N–H and O–H groups in total. The number of aryl methyl sites for hydroxylation is 1. The number of benzene rings is 1. The molecule has 1 aliphatic heterocycles. The van der Waals surface area contributed by atoms with Crippen molar-refractivity contribution in [3.63, 3.8) is 0 Å². The predicted molar refractivity (Wildman–Crippen MR) is 121 cm³/mol. The molecule has 180 valence electrons. The van der Waals surface area contributed by atoms with E-state index in [1.807, 2.05) is 17.5 Å². The Morgan fingerprint density at radius 1 is 1.21 bits per heavy atom. The summed E-state index contributed by atoms with van der Waals surface area (Å²) < 4.78 is 47.0. The van der Waals surface area contributed by atoms with Gasteiger partial charge in [-0.3, -0.25) is 14.5 Å². The molecule has 0 unspecified atom stereocenters. The Morgan fingerprint density at radius 2 is 1.94 bits per heavy atom. The van der Waals surface area contributed by atoms with E-state index in [4.69, 9.17) is 4.74 Å². The van der Waals surface area contributed by atoms with E-state index in [0.29, 0.717) is 26.3 Å². The molecule has 1 aliphatic rings. The Bertz CT molecular complexity index is 1200. The van der Waals surface area contributed by atoms with Crippen LogP contribution in [0.4, 0.5) is 13.2 Å². The summed E-state index contributed by atoms with van der Waals surface area (Å²) in [6, 6.07) is 9.80. The highest BCUT2D eigenvalue weighted by molar-refractivity contribution is 7.10. The number of morpholine rings is 1. The molecule has 34 heavy (non-hydrogen) atoms. The van der Waals surface area contributed by atoms with Crippen LogP contribution in [0.1, 0.15) is 32.7 Å². The fourth-order valence-electron chi connectivity index (χ4n) is 3.90. The van der Waals surface area contributed by atoms with Crippen LogP contribution in [-0.2, 0) is 10.9 Å². The van der Waals surface area contributed by atoms with Crippen LogP contribution in [0, 0.1) is 6.92 Å². The van der Waals surface area contributed by atoms with Gasteiger partial charge >= 0.3 is 6.18 Å². The van der Waals surface area contributed by atoms with Crippen molar-refractivity contribution >= 4 is 17.2 Å². The zero-order chi connectivity index (χ0) is 24.3. The zero-order valence-electron chi connectivity index (χ0n) is 18.3. The minimum atomic E-state index is -4.62. The van der Waals surface area contributed by atoms with E-state index in [1.165, 1.54) is 25.1 Å². The molecule has 4 rings (SSSR count). The molecule has 0 bridgehead atoms. The molecule has 0 radical (unpaired) electrons. The monoisotopic (exact) mass is 492 g/mol. The van der Waals surface area contributed by atoms with Crippen molar-refractivity contribution in [1.82, 2.24) is 20.0 Å². The molecule has 3 heterocycles. The van der Waals surface area contributed by atoms with E-state index < -0.39 is 28.8 Å². The average Bonchev–Trinajstić information content (AvgIpc) is 3.34. The van der Waals surface area contributed by atoms with Crippen molar-refractivity contribution in [3.05, 3.63) is 79.9 Å². The molecule has 1 amide bonds. The molecule has 1 aromatic carbocycles. The van der Waals surface area contributed by atoms with Gasteiger partial charge in [0.25, 0.3) is 5.91 Å². The Balaban J connectivity index is 1.61. The third kappa shape index (κ3) is 5.21. The van der Waals surface area contributed by atoms with E-state index >= 15 is 0 Å². The van der Waals surface area contributed by atoms with Gasteiger partial charge in [-0.25, -0.2) is 4.68 Å². The Hall–Kier alpha value is -3.02. The first-order chi connectivity index (χ1) is 16.3. The van der Waals surface area contributed by atoms with Crippen LogP contribution in [0.25, 0.3) is 5.69 Å². The van der Waals surface area contributed by atoms with Gasteiger partial charge in [-0.05, 0) is 30.5 Å². The maximum Gasteiger partial charge on any atom is 0.418 e. The number of rotatable bonds is 6. The van der Waals surface area contributed by atoms with Crippen LogP contribution < -0.4 is 10.7 Å². The van der Waals surface area contributed by atoms with Gasteiger partial charge in [-0.2, -0.15) is 18.3 Å². The van der Waals surface area contributed by atoms with Crippen molar-refractivity contribution < 1.29 is 22.7 Å². The molecular formula is C23H23F3N4O3S. The Morgan fingerprint density at radius 3 is 2.62 bits per heavy atom. The van der Waals surface area contributed by atoms with E-state index in [0.717, 1.165) is 21.7 Å². The summed E-state index contributed by atoms with van der Waals surface area (Å²) in [5.74, 6) is -0.738. The van der Waals surface area contributed by atoms with Crippen molar-refractivity contribution in [2.24, 2.45) is 0 Å². The second kappa shape index (κ2) is 10.1. The average molecular weight is 493 g/mol. The smallest absolute Gasteiger partial charge is 0.379 e. The molecule has 0 aliphatic carbocycles. The lowest BCUT2D eigenvalue weighted by Crippen LogP contribution is -2.44. The molecule has 3 aromatic rings. The van der Waals surface area contributed by atoms with Gasteiger partial charge in [0, 0.05) is 36.3 Å². The fourth-order valence-corrected chi connectivity index (χ4v) is 4.76. The van der Waals surface area contributed by atoms with E-state index in [9.17, 15) is 22.8 Å². The summed E-state index contributed by atoms with van der Waals surface area (Å²) in [4.78, 5) is 28.7.